The summed E-state index contributed by atoms with van der Waals surface area (Å²) in [7, 11) is 2.18. The molecule has 0 saturated heterocycles. The van der Waals surface area contributed by atoms with Gasteiger partial charge in [-0.3, -0.25) is 14.6 Å². The molecule has 3 aromatic carbocycles. The van der Waals surface area contributed by atoms with Crippen molar-refractivity contribution in [1.82, 2.24) is 24.9 Å². The second kappa shape index (κ2) is 12.0. The Hall–Kier alpha value is -4.76. The number of phenolic OH excluding ortho intramolecular Hbond substituents is 1. The minimum Gasteiger partial charge on any atom is -0.508 e. The van der Waals surface area contributed by atoms with Crippen LogP contribution in [0.2, 0.25) is 0 Å². The van der Waals surface area contributed by atoms with Gasteiger partial charge < -0.3 is 9.52 Å². The first kappa shape index (κ1) is 27.4. The van der Waals surface area contributed by atoms with E-state index >= 15 is 0 Å². The van der Waals surface area contributed by atoms with Crippen molar-refractivity contribution >= 4 is 11.7 Å². The van der Waals surface area contributed by atoms with Crippen LogP contribution >= 0.6 is 0 Å². The number of amides is 1. The molecule has 1 aliphatic rings. The second-order valence-corrected chi connectivity index (χ2v) is 10.9. The van der Waals surface area contributed by atoms with Gasteiger partial charge in [0, 0.05) is 48.9 Å². The molecule has 0 aliphatic heterocycles. The molecule has 0 spiro atoms. The van der Waals surface area contributed by atoms with Gasteiger partial charge in [0.25, 0.3) is 5.91 Å². The summed E-state index contributed by atoms with van der Waals surface area (Å²) >= 11 is 0. The molecule has 214 valence electrons. The van der Waals surface area contributed by atoms with Gasteiger partial charge in [0.1, 0.15) is 5.75 Å². The molecule has 6 rings (SSSR count). The van der Waals surface area contributed by atoms with E-state index in [1.165, 1.54) is 11.6 Å². The molecule has 9 nitrogen and oxygen atoms in total. The number of nitrogens with zero attached hydrogens (tertiary/aromatic N) is 6. The number of hydrogen-bond donors (Lipinski definition) is 1. The summed E-state index contributed by atoms with van der Waals surface area (Å²) in [6, 6.07) is 27.0. The third kappa shape index (κ3) is 5.96. The Labute approximate surface area is 245 Å². The van der Waals surface area contributed by atoms with E-state index in [1.807, 2.05) is 47.5 Å². The maximum atomic E-state index is 14.0. The van der Waals surface area contributed by atoms with Gasteiger partial charge >= 0.3 is 0 Å². The second-order valence-electron chi connectivity index (χ2n) is 10.9. The Balaban J connectivity index is 1.24. The molecule has 0 radical (unpaired) electrons. The van der Waals surface area contributed by atoms with Crippen LogP contribution in [0.3, 0.4) is 0 Å². The van der Waals surface area contributed by atoms with Crippen LogP contribution in [0.5, 0.6) is 5.75 Å². The standard InChI is InChI=1S/C33H34N6O3/c1-23-34-35-32(42-23)25-10-6-12-29(20-25)38-19-18-31(36-38)39(33(41)26-11-7-13-30(40)21-26)28-16-14-27(15-17-28)37(2)22-24-8-4-3-5-9-24/h3-13,18-21,27-28,40H,14-17,22H2,1-2H3/t27-,28-. The largest absolute Gasteiger partial charge is 0.508 e. The Morgan fingerprint density at radius 3 is 2.43 bits per heavy atom. The van der Waals surface area contributed by atoms with E-state index in [0.717, 1.165) is 43.5 Å². The average molecular weight is 563 g/mol. The molecule has 42 heavy (non-hydrogen) atoms. The van der Waals surface area contributed by atoms with Crippen molar-refractivity contribution in [3.05, 3.63) is 108 Å². The predicted octanol–water partition coefficient (Wildman–Crippen LogP) is 6.03. The van der Waals surface area contributed by atoms with Crippen molar-refractivity contribution in [1.29, 1.82) is 0 Å². The van der Waals surface area contributed by atoms with Gasteiger partial charge in [-0.05, 0) is 74.7 Å². The highest BCUT2D eigenvalue weighted by Gasteiger charge is 2.33. The van der Waals surface area contributed by atoms with Crippen LogP contribution in [-0.2, 0) is 6.54 Å². The van der Waals surface area contributed by atoms with Crippen LogP contribution in [0.25, 0.3) is 17.1 Å². The van der Waals surface area contributed by atoms with Gasteiger partial charge in [-0.15, -0.1) is 15.3 Å². The highest BCUT2D eigenvalue weighted by Crippen LogP contribution is 2.32. The van der Waals surface area contributed by atoms with E-state index in [-0.39, 0.29) is 17.7 Å². The lowest BCUT2D eigenvalue weighted by molar-refractivity contribution is 0.0957. The maximum absolute atomic E-state index is 14.0. The van der Waals surface area contributed by atoms with E-state index in [0.29, 0.717) is 29.2 Å². The van der Waals surface area contributed by atoms with Crippen LogP contribution in [0.15, 0.2) is 95.5 Å². The third-order valence-corrected chi connectivity index (χ3v) is 7.95. The summed E-state index contributed by atoms with van der Waals surface area (Å²) in [5.74, 6) is 1.40. The number of carbonyl (C=O) groups is 1. The molecule has 1 fully saturated rings. The quantitative estimate of drug-likeness (QED) is 0.247. The van der Waals surface area contributed by atoms with Crippen LogP contribution in [0.1, 0.15) is 47.5 Å². The summed E-state index contributed by atoms with van der Waals surface area (Å²) in [4.78, 5) is 18.2. The molecule has 1 aliphatic carbocycles. The minimum absolute atomic E-state index is 0.0164. The number of phenols is 1. The monoisotopic (exact) mass is 562 g/mol. The zero-order valence-corrected chi connectivity index (χ0v) is 23.8. The molecule has 1 saturated carbocycles. The van der Waals surface area contributed by atoms with Gasteiger partial charge in [0.2, 0.25) is 11.8 Å². The van der Waals surface area contributed by atoms with E-state index in [2.05, 4.69) is 46.4 Å². The summed E-state index contributed by atoms with van der Waals surface area (Å²) in [5.41, 5.74) is 3.33. The Morgan fingerprint density at radius 2 is 1.69 bits per heavy atom. The minimum atomic E-state index is -0.174. The zero-order chi connectivity index (χ0) is 29.1. The van der Waals surface area contributed by atoms with Gasteiger partial charge in [0.15, 0.2) is 5.82 Å². The normalized spacial score (nSPS) is 16.9. The molecule has 0 atom stereocenters. The number of rotatable bonds is 8. The number of benzene rings is 3. The van der Waals surface area contributed by atoms with Gasteiger partial charge in [0.05, 0.1) is 5.69 Å². The Bertz CT molecular complexity index is 1660. The zero-order valence-electron chi connectivity index (χ0n) is 23.8. The molecule has 1 amide bonds. The molecule has 1 N–H and O–H groups in total. The fraction of sp³-hybridized carbons (Fsp3) is 0.273. The number of hydrogen-bond acceptors (Lipinski definition) is 7. The number of anilines is 1. The number of aromatic nitrogens is 4. The van der Waals surface area contributed by atoms with Crippen molar-refractivity contribution in [2.75, 3.05) is 11.9 Å². The SMILES string of the molecule is Cc1nnc(-c2cccc(-n3ccc(N(C(=O)c4cccc(O)c4)[C@H]4CC[C@H](N(C)Cc5ccccc5)CC4)n3)c2)o1. The number of aryl methyl sites for hydroxylation is 1. The van der Waals surface area contributed by atoms with E-state index < -0.39 is 0 Å². The van der Waals surface area contributed by atoms with Gasteiger partial charge in [-0.1, -0.05) is 42.5 Å². The first-order chi connectivity index (χ1) is 20.4. The highest BCUT2D eigenvalue weighted by atomic mass is 16.4. The van der Waals surface area contributed by atoms with Crippen LogP contribution in [0.4, 0.5) is 5.82 Å². The molecule has 9 heteroatoms. The maximum Gasteiger partial charge on any atom is 0.259 e. The Morgan fingerprint density at radius 1 is 0.929 bits per heavy atom. The Kier molecular flexibility index (Phi) is 7.83. The molecule has 5 aromatic rings. The molecule has 2 heterocycles. The fourth-order valence-electron chi connectivity index (χ4n) is 5.77. The van der Waals surface area contributed by atoms with E-state index in [9.17, 15) is 9.90 Å². The van der Waals surface area contributed by atoms with Crippen molar-refractivity contribution in [3.63, 3.8) is 0 Å². The van der Waals surface area contributed by atoms with Crippen LogP contribution < -0.4 is 4.90 Å². The van der Waals surface area contributed by atoms with E-state index in [4.69, 9.17) is 9.52 Å². The van der Waals surface area contributed by atoms with Gasteiger partial charge in [-0.2, -0.15) is 0 Å². The average Bonchev–Trinajstić information content (AvgIpc) is 3.68. The van der Waals surface area contributed by atoms with Crippen LogP contribution in [0, 0.1) is 6.92 Å². The third-order valence-electron chi connectivity index (χ3n) is 7.95. The lowest BCUT2D eigenvalue weighted by Crippen LogP contribution is -2.46. The number of aromatic hydroxyl groups is 1. The fourth-order valence-corrected chi connectivity index (χ4v) is 5.77. The lowest BCUT2D eigenvalue weighted by Gasteiger charge is -2.39. The molecular formula is C33H34N6O3. The van der Waals surface area contributed by atoms with Crippen molar-refractivity contribution in [2.24, 2.45) is 0 Å². The molecule has 0 bridgehead atoms. The first-order valence-corrected chi connectivity index (χ1v) is 14.3. The van der Waals surface area contributed by atoms with E-state index in [1.54, 1.807) is 29.8 Å². The number of carbonyl (C=O) groups excluding carboxylic acids is 1. The smallest absolute Gasteiger partial charge is 0.259 e. The topological polar surface area (TPSA) is 101 Å². The summed E-state index contributed by atoms with van der Waals surface area (Å²) in [6.45, 7) is 2.65. The summed E-state index contributed by atoms with van der Waals surface area (Å²) in [6.07, 6.45) is 5.52. The summed E-state index contributed by atoms with van der Waals surface area (Å²) in [5, 5.41) is 23.0. The van der Waals surface area contributed by atoms with Crippen molar-refractivity contribution in [2.45, 2.75) is 51.2 Å². The molecule has 2 aromatic heterocycles. The molecule has 0 unspecified atom stereocenters. The summed E-state index contributed by atoms with van der Waals surface area (Å²) < 4.78 is 7.36. The predicted molar refractivity (Wildman–Crippen MR) is 160 cm³/mol. The van der Waals surface area contributed by atoms with Crippen LogP contribution in [-0.4, -0.2) is 55.0 Å². The van der Waals surface area contributed by atoms with Crippen molar-refractivity contribution < 1.29 is 14.3 Å². The van der Waals surface area contributed by atoms with Gasteiger partial charge in [-0.25, -0.2) is 4.68 Å². The molecular weight excluding hydrogens is 528 g/mol. The van der Waals surface area contributed by atoms with Crippen molar-refractivity contribution in [3.8, 4) is 22.9 Å². The lowest BCUT2D eigenvalue weighted by atomic mass is 9.88. The highest BCUT2D eigenvalue weighted by molar-refractivity contribution is 6.06. The first-order valence-electron chi connectivity index (χ1n) is 14.3.